The maximum absolute atomic E-state index is 13.1. The Morgan fingerprint density at radius 3 is 2.53 bits per heavy atom. The van der Waals surface area contributed by atoms with Crippen molar-refractivity contribution in [3.8, 4) is 0 Å². The maximum atomic E-state index is 13.1. The number of allylic oxidation sites excluding steroid dienone is 4. The second kappa shape index (κ2) is 8.16. The van der Waals surface area contributed by atoms with E-state index >= 15 is 0 Å². The molecule has 186 valence electrons. The van der Waals surface area contributed by atoms with Gasteiger partial charge >= 0.3 is 5.97 Å². The van der Waals surface area contributed by atoms with E-state index in [9.17, 15) is 14.7 Å². The van der Waals surface area contributed by atoms with Crippen molar-refractivity contribution in [1.29, 1.82) is 0 Å². The van der Waals surface area contributed by atoms with Gasteiger partial charge in [0.05, 0.1) is 29.3 Å². The second-order valence-electron chi connectivity index (χ2n) is 12.2. The van der Waals surface area contributed by atoms with E-state index in [4.69, 9.17) is 9.47 Å². The predicted octanol–water partition coefficient (Wildman–Crippen LogP) is 5.36. The van der Waals surface area contributed by atoms with E-state index in [0.29, 0.717) is 42.5 Å². The number of ketones is 1. The van der Waals surface area contributed by atoms with E-state index in [1.165, 1.54) is 12.0 Å². The van der Waals surface area contributed by atoms with Crippen LogP contribution in [0.5, 0.6) is 0 Å². The third-order valence-electron chi connectivity index (χ3n) is 11.1. The number of rotatable bonds is 4. The molecule has 2 saturated carbocycles. The van der Waals surface area contributed by atoms with Gasteiger partial charge in [0.1, 0.15) is 0 Å². The monoisotopic (exact) mass is 468 g/mol. The molecular formula is C29H40O5. The quantitative estimate of drug-likeness (QED) is 0.444. The highest BCUT2D eigenvalue weighted by Gasteiger charge is 2.62. The van der Waals surface area contributed by atoms with Crippen LogP contribution in [0.15, 0.2) is 36.0 Å². The van der Waals surface area contributed by atoms with Crippen LogP contribution in [0.25, 0.3) is 0 Å². The molecule has 4 aliphatic carbocycles. The number of methoxy groups -OCH3 is 1. The van der Waals surface area contributed by atoms with Gasteiger partial charge in [-0.05, 0) is 87.5 Å². The summed E-state index contributed by atoms with van der Waals surface area (Å²) in [5.74, 6) is 1.61. The van der Waals surface area contributed by atoms with Crippen LogP contribution in [0.2, 0.25) is 0 Å². The normalized spacial score (nSPS) is 47.9. The van der Waals surface area contributed by atoms with Gasteiger partial charge in [0.2, 0.25) is 0 Å². The molecule has 0 spiro atoms. The van der Waals surface area contributed by atoms with Crippen molar-refractivity contribution in [3.63, 3.8) is 0 Å². The van der Waals surface area contributed by atoms with Gasteiger partial charge in [-0.15, -0.1) is 0 Å². The summed E-state index contributed by atoms with van der Waals surface area (Å²) in [5.41, 5.74) is 0.427. The molecule has 0 radical (unpaired) electrons. The molecular weight excluding hydrogens is 428 g/mol. The Balaban J connectivity index is 1.39. The third-order valence-corrected chi connectivity index (χ3v) is 11.1. The Bertz CT molecular complexity index is 964. The van der Waals surface area contributed by atoms with Gasteiger partial charge in [-0.2, -0.15) is 0 Å². The first-order valence-corrected chi connectivity index (χ1v) is 13.1. The first-order chi connectivity index (χ1) is 16.1. The van der Waals surface area contributed by atoms with Gasteiger partial charge in [-0.3, -0.25) is 4.79 Å². The second-order valence-corrected chi connectivity index (χ2v) is 12.2. The Morgan fingerprint density at radius 1 is 1.15 bits per heavy atom. The van der Waals surface area contributed by atoms with E-state index in [1.54, 1.807) is 7.11 Å². The summed E-state index contributed by atoms with van der Waals surface area (Å²) in [6.45, 7) is 10.8. The molecule has 5 heteroatoms. The van der Waals surface area contributed by atoms with Gasteiger partial charge in [0.25, 0.3) is 0 Å². The highest BCUT2D eigenvalue weighted by atomic mass is 16.5. The Hall–Kier alpha value is -1.72. The van der Waals surface area contributed by atoms with Crippen LogP contribution in [-0.2, 0) is 19.1 Å². The van der Waals surface area contributed by atoms with E-state index in [0.717, 1.165) is 32.1 Å². The van der Waals surface area contributed by atoms with Crippen LogP contribution in [-0.4, -0.2) is 42.3 Å². The standard InChI is InChI=1S/C29H40O5/c1-17(26(31)32)28(3)15-24(33-5)20(16-34-28)22-12-11-21-19-10-9-18-7-6-8-25(30)29(18,4)23(19)13-14-27(21,22)2/h6,8-9,19-24H,1,7,10-16H2,2-5H3,(H,31,32). The molecule has 3 fully saturated rings. The van der Waals surface area contributed by atoms with Crippen LogP contribution in [0.3, 0.4) is 0 Å². The molecule has 5 aliphatic rings. The molecule has 0 aromatic carbocycles. The summed E-state index contributed by atoms with van der Waals surface area (Å²) < 4.78 is 12.3. The lowest BCUT2D eigenvalue weighted by atomic mass is 9.47. The Labute approximate surface area is 203 Å². The zero-order valence-corrected chi connectivity index (χ0v) is 21.1. The van der Waals surface area contributed by atoms with Crippen LogP contribution < -0.4 is 0 Å². The fraction of sp³-hybridized carbons (Fsp3) is 0.724. The molecule has 0 aromatic rings. The van der Waals surface area contributed by atoms with E-state index < -0.39 is 11.6 Å². The highest BCUT2D eigenvalue weighted by molar-refractivity contribution is 5.98. The SMILES string of the molecule is C=C(C(=O)O)C1(C)CC(OC)C(C2CCC3C4CC=C5CC=CC(=O)C5(C)C4CCC23C)CO1. The lowest BCUT2D eigenvalue weighted by Gasteiger charge is -2.57. The predicted molar refractivity (Wildman–Crippen MR) is 130 cm³/mol. The minimum Gasteiger partial charge on any atom is -0.478 e. The minimum absolute atomic E-state index is 0.0476. The zero-order chi connectivity index (χ0) is 24.5. The topological polar surface area (TPSA) is 72.8 Å². The summed E-state index contributed by atoms with van der Waals surface area (Å²) in [4.78, 5) is 24.7. The summed E-state index contributed by atoms with van der Waals surface area (Å²) in [6.07, 6.45) is 13.3. The van der Waals surface area contributed by atoms with Crippen molar-refractivity contribution < 1.29 is 24.2 Å². The van der Waals surface area contributed by atoms with Crippen molar-refractivity contribution >= 4 is 11.8 Å². The Morgan fingerprint density at radius 2 is 1.85 bits per heavy atom. The summed E-state index contributed by atoms with van der Waals surface area (Å²) >= 11 is 0. The molecule has 9 unspecified atom stereocenters. The molecule has 1 saturated heterocycles. The van der Waals surface area contributed by atoms with Crippen molar-refractivity contribution in [1.82, 2.24) is 0 Å². The lowest BCUT2D eigenvalue weighted by molar-refractivity contribution is -0.167. The first kappa shape index (κ1) is 24.0. The number of aliphatic carboxylic acids is 1. The molecule has 1 heterocycles. The molecule has 0 aromatic heterocycles. The number of fused-ring (bicyclic) bond motifs is 5. The largest absolute Gasteiger partial charge is 0.478 e. The maximum Gasteiger partial charge on any atom is 0.333 e. The third kappa shape index (κ3) is 3.26. The number of carboxylic acid groups (broad SMARTS) is 1. The molecule has 1 N–H and O–H groups in total. The molecule has 1 aliphatic heterocycles. The van der Waals surface area contributed by atoms with E-state index in [-0.39, 0.29) is 28.4 Å². The molecule has 9 atom stereocenters. The summed E-state index contributed by atoms with van der Waals surface area (Å²) in [6, 6.07) is 0. The van der Waals surface area contributed by atoms with Crippen molar-refractivity contribution in [2.75, 3.05) is 13.7 Å². The van der Waals surface area contributed by atoms with Crippen LogP contribution >= 0.6 is 0 Å². The number of ether oxygens (including phenoxy) is 2. The summed E-state index contributed by atoms with van der Waals surface area (Å²) in [5, 5.41) is 9.51. The van der Waals surface area contributed by atoms with E-state index in [1.807, 2.05) is 19.1 Å². The van der Waals surface area contributed by atoms with Gasteiger partial charge in [0, 0.05) is 19.4 Å². The summed E-state index contributed by atoms with van der Waals surface area (Å²) in [7, 11) is 1.75. The molecule has 5 nitrogen and oxygen atoms in total. The van der Waals surface area contributed by atoms with Gasteiger partial charge in [0.15, 0.2) is 5.78 Å². The van der Waals surface area contributed by atoms with Gasteiger partial charge in [-0.25, -0.2) is 4.79 Å². The molecule has 5 rings (SSSR count). The molecule has 0 amide bonds. The van der Waals surface area contributed by atoms with Gasteiger partial charge in [-0.1, -0.05) is 31.2 Å². The first-order valence-electron chi connectivity index (χ1n) is 13.1. The molecule has 0 bridgehead atoms. The van der Waals surface area contributed by atoms with Crippen molar-refractivity contribution in [3.05, 3.63) is 36.0 Å². The number of carboxylic acids is 1. The van der Waals surface area contributed by atoms with E-state index in [2.05, 4.69) is 26.5 Å². The van der Waals surface area contributed by atoms with Crippen molar-refractivity contribution in [2.45, 2.75) is 77.4 Å². The average Bonchev–Trinajstić information content (AvgIpc) is 3.16. The van der Waals surface area contributed by atoms with Crippen LogP contribution in [0.4, 0.5) is 0 Å². The van der Waals surface area contributed by atoms with Crippen LogP contribution in [0, 0.1) is 40.4 Å². The van der Waals surface area contributed by atoms with Crippen molar-refractivity contribution in [2.24, 2.45) is 40.4 Å². The smallest absolute Gasteiger partial charge is 0.333 e. The zero-order valence-electron chi connectivity index (χ0n) is 21.1. The fourth-order valence-corrected chi connectivity index (χ4v) is 8.96. The Kier molecular flexibility index (Phi) is 5.76. The minimum atomic E-state index is -1.01. The van der Waals surface area contributed by atoms with Crippen LogP contribution in [0.1, 0.15) is 65.7 Å². The number of hydrogen-bond acceptors (Lipinski definition) is 4. The lowest BCUT2D eigenvalue weighted by Crippen LogP contribution is -2.55. The number of hydrogen-bond donors (Lipinski definition) is 1. The highest BCUT2D eigenvalue weighted by Crippen LogP contribution is 2.67. The number of carbonyl (C=O) groups excluding carboxylic acids is 1. The average molecular weight is 469 g/mol. The number of carbonyl (C=O) groups is 2. The van der Waals surface area contributed by atoms with Gasteiger partial charge < -0.3 is 14.6 Å². The molecule has 34 heavy (non-hydrogen) atoms. The fourth-order valence-electron chi connectivity index (χ4n) is 8.96.